The number of benzene rings is 2. The summed E-state index contributed by atoms with van der Waals surface area (Å²) >= 11 is 2.94. The average molecular weight is 403 g/mol. The first-order valence-electron chi connectivity index (χ1n) is 8.79. The molecule has 1 aliphatic heterocycles. The van der Waals surface area contributed by atoms with Crippen LogP contribution in [-0.4, -0.2) is 41.2 Å². The number of nitrogens with zero attached hydrogens (tertiary/aromatic N) is 2. The Morgan fingerprint density at radius 2 is 2.04 bits per heavy atom. The number of hydrogen-bond acceptors (Lipinski definition) is 5. The summed E-state index contributed by atoms with van der Waals surface area (Å²) in [6.07, 6.45) is 3.53. The maximum Gasteiger partial charge on any atom is 0.274 e. The molecule has 1 saturated heterocycles. The summed E-state index contributed by atoms with van der Waals surface area (Å²) in [6.45, 7) is 1.32. The Bertz CT molecular complexity index is 968. The molecule has 0 spiro atoms. The lowest BCUT2D eigenvalue weighted by Gasteiger charge is -2.32. The van der Waals surface area contributed by atoms with Crippen LogP contribution in [0.15, 0.2) is 47.4 Å². The van der Waals surface area contributed by atoms with Crippen molar-refractivity contribution < 1.29 is 13.9 Å². The number of likely N-dealkylation sites (tertiary alicyclic amines) is 1. The third-order valence-electron chi connectivity index (χ3n) is 4.66. The lowest BCUT2D eigenvalue weighted by atomic mass is 10.1. The number of hydrogen-bond donors (Lipinski definition) is 0. The summed E-state index contributed by atoms with van der Waals surface area (Å²) in [5.74, 6) is -0.191. The van der Waals surface area contributed by atoms with Crippen LogP contribution < -0.4 is 4.74 Å². The fourth-order valence-corrected chi connectivity index (χ4v) is 4.73. The summed E-state index contributed by atoms with van der Waals surface area (Å²) in [5, 5.41) is 0.563. The SMILES string of the molecule is CSc1ccccc1C(=O)N1CCC(Oc2nc3ccc(F)cc3s2)CC1. The highest BCUT2D eigenvalue weighted by Gasteiger charge is 2.26. The summed E-state index contributed by atoms with van der Waals surface area (Å²) in [4.78, 5) is 20.1. The zero-order chi connectivity index (χ0) is 18.8. The highest BCUT2D eigenvalue weighted by Crippen LogP contribution is 2.30. The minimum absolute atomic E-state index is 0.0234. The number of aromatic nitrogens is 1. The summed E-state index contributed by atoms with van der Waals surface area (Å²) in [5.41, 5.74) is 1.51. The predicted octanol–water partition coefficient (Wildman–Crippen LogP) is 4.84. The molecule has 0 unspecified atom stereocenters. The topological polar surface area (TPSA) is 42.4 Å². The van der Waals surface area contributed by atoms with E-state index < -0.39 is 0 Å². The van der Waals surface area contributed by atoms with Crippen LogP contribution in [0, 0.1) is 5.82 Å². The predicted molar refractivity (Wildman–Crippen MR) is 107 cm³/mol. The van der Waals surface area contributed by atoms with E-state index >= 15 is 0 Å². The van der Waals surface area contributed by atoms with E-state index in [0.717, 1.165) is 33.5 Å². The van der Waals surface area contributed by atoms with Crippen molar-refractivity contribution in [2.45, 2.75) is 23.8 Å². The zero-order valence-electron chi connectivity index (χ0n) is 14.9. The van der Waals surface area contributed by atoms with E-state index in [1.807, 2.05) is 35.4 Å². The second-order valence-electron chi connectivity index (χ2n) is 6.40. The minimum Gasteiger partial charge on any atom is -0.467 e. The van der Waals surface area contributed by atoms with Crippen LogP contribution in [0.4, 0.5) is 4.39 Å². The molecule has 27 heavy (non-hydrogen) atoms. The van der Waals surface area contributed by atoms with Crippen molar-refractivity contribution in [1.82, 2.24) is 9.88 Å². The Hall–Kier alpha value is -2.12. The Kier molecular flexibility index (Phi) is 5.31. The number of ether oxygens (including phenoxy) is 1. The molecular weight excluding hydrogens is 383 g/mol. The number of carbonyl (C=O) groups is 1. The monoisotopic (exact) mass is 402 g/mol. The zero-order valence-corrected chi connectivity index (χ0v) is 16.5. The number of fused-ring (bicyclic) bond motifs is 1. The van der Waals surface area contributed by atoms with Gasteiger partial charge < -0.3 is 9.64 Å². The van der Waals surface area contributed by atoms with Gasteiger partial charge in [0.2, 0.25) is 0 Å². The molecule has 4 nitrogen and oxygen atoms in total. The van der Waals surface area contributed by atoms with Crippen LogP contribution in [-0.2, 0) is 0 Å². The van der Waals surface area contributed by atoms with Crippen molar-refractivity contribution in [3.05, 3.63) is 53.8 Å². The van der Waals surface area contributed by atoms with Crippen molar-refractivity contribution in [2.24, 2.45) is 0 Å². The molecule has 0 radical (unpaired) electrons. The second-order valence-corrected chi connectivity index (χ2v) is 8.24. The van der Waals surface area contributed by atoms with Gasteiger partial charge in [0.15, 0.2) is 0 Å². The molecule has 0 aliphatic carbocycles. The Morgan fingerprint density at radius 3 is 2.81 bits per heavy atom. The molecule has 2 aromatic carbocycles. The van der Waals surface area contributed by atoms with Gasteiger partial charge in [-0.2, -0.15) is 0 Å². The maximum atomic E-state index is 13.3. The highest BCUT2D eigenvalue weighted by molar-refractivity contribution is 7.98. The Labute approximate surface area is 165 Å². The van der Waals surface area contributed by atoms with Gasteiger partial charge in [0.05, 0.1) is 15.8 Å². The Morgan fingerprint density at radius 1 is 1.26 bits per heavy atom. The fourth-order valence-electron chi connectivity index (χ4n) is 3.24. The van der Waals surface area contributed by atoms with Crippen molar-refractivity contribution in [3.63, 3.8) is 0 Å². The van der Waals surface area contributed by atoms with E-state index in [9.17, 15) is 9.18 Å². The number of piperidine rings is 1. The fraction of sp³-hybridized carbons (Fsp3) is 0.300. The normalized spacial score (nSPS) is 15.3. The minimum atomic E-state index is -0.268. The number of thioether (sulfide) groups is 1. The molecule has 0 N–H and O–H groups in total. The van der Waals surface area contributed by atoms with E-state index in [1.54, 1.807) is 17.8 Å². The average Bonchev–Trinajstić information content (AvgIpc) is 3.09. The van der Waals surface area contributed by atoms with Gasteiger partial charge in [0.25, 0.3) is 11.1 Å². The van der Waals surface area contributed by atoms with Gasteiger partial charge in [0, 0.05) is 30.8 Å². The van der Waals surface area contributed by atoms with Crippen LogP contribution in [0.3, 0.4) is 0 Å². The van der Waals surface area contributed by atoms with Gasteiger partial charge in [-0.3, -0.25) is 4.79 Å². The van der Waals surface area contributed by atoms with Gasteiger partial charge >= 0.3 is 0 Å². The molecule has 4 rings (SSSR count). The van der Waals surface area contributed by atoms with Gasteiger partial charge in [0.1, 0.15) is 11.9 Å². The van der Waals surface area contributed by atoms with E-state index in [4.69, 9.17) is 4.74 Å². The van der Waals surface area contributed by atoms with Gasteiger partial charge in [-0.25, -0.2) is 9.37 Å². The first-order valence-corrected chi connectivity index (χ1v) is 10.8. The molecule has 1 aromatic heterocycles. The molecule has 140 valence electrons. The maximum absolute atomic E-state index is 13.3. The standard InChI is InChI=1S/C20H19FN2O2S2/c1-26-17-5-3-2-4-15(17)19(24)23-10-8-14(9-11-23)25-20-22-16-7-6-13(21)12-18(16)27-20/h2-7,12,14H,8-11H2,1H3. The van der Waals surface area contributed by atoms with Gasteiger partial charge in [-0.15, -0.1) is 11.8 Å². The summed E-state index contributed by atoms with van der Waals surface area (Å²) in [7, 11) is 0. The number of rotatable bonds is 4. The smallest absolute Gasteiger partial charge is 0.274 e. The molecule has 0 atom stereocenters. The molecule has 7 heteroatoms. The second kappa shape index (κ2) is 7.86. The molecule has 0 bridgehead atoms. The van der Waals surface area contributed by atoms with Gasteiger partial charge in [-0.1, -0.05) is 23.5 Å². The number of halogens is 1. The Balaban J connectivity index is 1.39. The van der Waals surface area contributed by atoms with Crippen LogP contribution in [0.5, 0.6) is 5.19 Å². The molecule has 3 aromatic rings. The van der Waals surface area contributed by atoms with Crippen LogP contribution in [0.2, 0.25) is 0 Å². The van der Waals surface area contributed by atoms with Gasteiger partial charge in [-0.05, 0) is 36.6 Å². The third-order valence-corrected chi connectivity index (χ3v) is 6.37. The molecule has 0 saturated carbocycles. The number of carbonyl (C=O) groups excluding carboxylic acids is 1. The summed E-state index contributed by atoms with van der Waals surface area (Å²) < 4.78 is 20.1. The van der Waals surface area contributed by atoms with Crippen molar-refractivity contribution in [2.75, 3.05) is 19.3 Å². The lowest BCUT2D eigenvalue weighted by Crippen LogP contribution is -2.41. The van der Waals surface area contributed by atoms with Crippen molar-refractivity contribution in [3.8, 4) is 5.19 Å². The first-order chi connectivity index (χ1) is 13.1. The number of amides is 1. The van der Waals surface area contributed by atoms with Crippen LogP contribution in [0.25, 0.3) is 10.2 Å². The van der Waals surface area contributed by atoms with E-state index in [2.05, 4.69) is 4.98 Å². The summed E-state index contributed by atoms with van der Waals surface area (Å²) in [6, 6.07) is 12.3. The van der Waals surface area contributed by atoms with Crippen molar-refractivity contribution in [1.29, 1.82) is 0 Å². The van der Waals surface area contributed by atoms with Crippen molar-refractivity contribution >= 4 is 39.2 Å². The molecule has 2 heterocycles. The highest BCUT2D eigenvalue weighted by atomic mass is 32.2. The molecule has 1 aliphatic rings. The first kappa shape index (κ1) is 18.3. The molecule has 1 fully saturated rings. The number of thiazole rings is 1. The quantitative estimate of drug-likeness (QED) is 0.586. The molecular formula is C20H19FN2O2S2. The van der Waals surface area contributed by atoms with E-state index in [0.29, 0.717) is 18.3 Å². The van der Waals surface area contributed by atoms with Crippen LogP contribution >= 0.6 is 23.1 Å². The lowest BCUT2D eigenvalue weighted by molar-refractivity contribution is 0.0592. The molecule has 1 amide bonds. The third kappa shape index (κ3) is 3.94. The van der Waals surface area contributed by atoms with E-state index in [-0.39, 0.29) is 17.8 Å². The van der Waals surface area contributed by atoms with E-state index in [1.165, 1.54) is 23.5 Å². The largest absolute Gasteiger partial charge is 0.467 e. The van der Waals surface area contributed by atoms with Crippen LogP contribution in [0.1, 0.15) is 23.2 Å².